The summed E-state index contributed by atoms with van der Waals surface area (Å²) in [5.41, 5.74) is 1.06. The number of carbonyl (C=O) groups is 1. The number of amides is 1. The third-order valence-corrected chi connectivity index (χ3v) is 8.07. The number of aliphatic imine (C=N–C) groups is 1. The molecule has 1 aliphatic heterocycles. The van der Waals surface area contributed by atoms with Crippen molar-refractivity contribution in [1.29, 1.82) is 0 Å². The Morgan fingerprint density at radius 1 is 0.938 bits per heavy atom. The maximum atomic E-state index is 13.7. The van der Waals surface area contributed by atoms with Crippen molar-refractivity contribution in [1.82, 2.24) is 4.90 Å². The summed E-state index contributed by atoms with van der Waals surface area (Å²) in [6.07, 6.45) is 14.1. The van der Waals surface area contributed by atoms with E-state index in [-0.39, 0.29) is 5.91 Å². The average Bonchev–Trinajstić information content (AvgIpc) is 3.14. The van der Waals surface area contributed by atoms with Gasteiger partial charge in [0.2, 0.25) is 0 Å². The van der Waals surface area contributed by atoms with Gasteiger partial charge in [0, 0.05) is 11.4 Å². The molecular formula is C27H32N2O2S. The number of benzene rings is 2. The third-order valence-electron chi connectivity index (χ3n) is 7.07. The highest BCUT2D eigenvalue weighted by Gasteiger charge is 2.39. The number of nitrogens with zero attached hydrogens (tertiary/aromatic N) is 2. The highest BCUT2D eigenvalue weighted by molar-refractivity contribution is 8.18. The number of hydrogen-bond acceptors (Lipinski definition) is 4. The van der Waals surface area contributed by atoms with Gasteiger partial charge in [0.15, 0.2) is 5.17 Å². The molecule has 0 spiro atoms. The third kappa shape index (κ3) is 4.32. The van der Waals surface area contributed by atoms with Crippen LogP contribution in [-0.4, -0.2) is 35.2 Å². The van der Waals surface area contributed by atoms with E-state index >= 15 is 0 Å². The Bertz CT molecular complexity index is 1050. The molecule has 0 atom stereocenters. The zero-order valence-corrected chi connectivity index (χ0v) is 19.7. The van der Waals surface area contributed by atoms with Crippen LogP contribution in [0.2, 0.25) is 0 Å². The van der Waals surface area contributed by atoms with Crippen molar-refractivity contribution >= 4 is 39.7 Å². The van der Waals surface area contributed by atoms with E-state index < -0.39 is 0 Å². The summed E-state index contributed by atoms with van der Waals surface area (Å²) in [7, 11) is 1.70. The van der Waals surface area contributed by atoms with Crippen LogP contribution in [0, 0.1) is 0 Å². The van der Waals surface area contributed by atoms with E-state index in [0.717, 1.165) is 57.8 Å². The summed E-state index contributed by atoms with van der Waals surface area (Å²) < 4.78 is 5.55. The normalized spacial score (nSPS) is 23.5. The lowest BCUT2D eigenvalue weighted by molar-refractivity contribution is -0.124. The van der Waals surface area contributed by atoms with Gasteiger partial charge < -0.3 is 4.74 Å². The predicted octanol–water partition coefficient (Wildman–Crippen LogP) is 6.79. The van der Waals surface area contributed by atoms with Gasteiger partial charge in [-0.3, -0.25) is 14.7 Å². The standard InChI is InChI=1S/C27H32N2O2S/c1-31-24-17-16-19(22-14-8-9-15-23(22)24)18-25-26(30)29(21-12-6-3-7-13-21)27(32-25)28-20-10-4-2-5-11-20/h8-9,14-18,20-21H,2-7,10-13H2,1H3. The van der Waals surface area contributed by atoms with Crippen molar-refractivity contribution in [3.05, 3.63) is 46.9 Å². The van der Waals surface area contributed by atoms with Crippen molar-refractivity contribution in [3.8, 4) is 5.75 Å². The summed E-state index contributed by atoms with van der Waals surface area (Å²) in [4.78, 5) is 21.6. The number of carbonyl (C=O) groups excluding carboxylic acids is 1. The Morgan fingerprint density at radius 2 is 1.62 bits per heavy atom. The number of methoxy groups -OCH3 is 1. The monoisotopic (exact) mass is 448 g/mol. The molecule has 0 radical (unpaired) electrons. The molecule has 2 aromatic carbocycles. The largest absolute Gasteiger partial charge is 0.496 e. The summed E-state index contributed by atoms with van der Waals surface area (Å²) in [6.45, 7) is 0. The van der Waals surface area contributed by atoms with Gasteiger partial charge in [0.05, 0.1) is 18.1 Å². The lowest BCUT2D eigenvalue weighted by Gasteiger charge is -2.31. The van der Waals surface area contributed by atoms with E-state index in [0.29, 0.717) is 12.1 Å². The minimum Gasteiger partial charge on any atom is -0.496 e. The molecule has 168 valence electrons. The summed E-state index contributed by atoms with van der Waals surface area (Å²) in [5.74, 6) is 0.993. The second kappa shape index (κ2) is 9.70. The molecule has 0 bridgehead atoms. The van der Waals surface area contributed by atoms with E-state index in [9.17, 15) is 4.79 Å². The second-order valence-electron chi connectivity index (χ2n) is 9.18. The van der Waals surface area contributed by atoms with Crippen LogP contribution in [-0.2, 0) is 4.79 Å². The molecule has 1 amide bonds. The van der Waals surface area contributed by atoms with Gasteiger partial charge >= 0.3 is 0 Å². The minimum absolute atomic E-state index is 0.136. The van der Waals surface area contributed by atoms with Crippen molar-refractivity contribution < 1.29 is 9.53 Å². The number of thioether (sulfide) groups is 1. The van der Waals surface area contributed by atoms with Crippen molar-refractivity contribution in [2.75, 3.05) is 7.11 Å². The van der Waals surface area contributed by atoms with Gasteiger partial charge in [-0.2, -0.15) is 0 Å². The Balaban J connectivity index is 1.52. The highest BCUT2D eigenvalue weighted by atomic mass is 32.2. The van der Waals surface area contributed by atoms with Crippen LogP contribution in [0.3, 0.4) is 0 Å². The molecule has 2 aromatic rings. The summed E-state index contributed by atoms with van der Waals surface area (Å²) >= 11 is 1.58. The SMILES string of the molecule is COc1ccc(C=C2SC(=NC3CCCCC3)N(C3CCCCC3)C2=O)c2ccccc12. The number of amidine groups is 1. The first kappa shape index (κ1) is 21.6. The molecule has 32 heavy (non-hydrogen) atoms. The lowest BCUT2D eigenvalue weighted by Crippen LogP contribution is -2.41. The Kier molecular flexibility index (Phi) is 6.54. The molecule has 0 unspecified atom stereocenters. The van der Waals surface area contributed by atoms with Crippen molar-refractivity contribution in [3.63, 3.8) is 0 Å². The summed E-state index contributed by atoms with van der Waals surface area (Å²) in [5, 5.41) is 3.12. The Hall–Kier alpha value is -2.27. The molecule has 2 saturated carbocycles. The highest BCUT2D eigenvalue weighted by Crippen LogP contribution is 2.39. The van der Waals surface area contributed by atoms with Crippen LogP contribution in [0.4, 0.5) is 0 Å². The molecule has 2 aliphatic carbocycles. The van der Waals surface area contributed by atoms with E-state index in [4.69, 9.17) is 9.73 Å². The van der Waals surface area contributed by atoms with Crippen LogP contribution in [0.25, 0.3) is 16.8 Å². The van der Waals surface area contributed by atoms with Crippen LogP contribution in [0.5, 0.6) is 5.75 Å². The first-order chi connectivity index (χ1) is 15.7. The Morgan fingerprint density at radius 3 is 2.34 bits per heavy atom. The zero-order chi connectivity index (χ0) is 21.9. The van der Waals surface area contributed by atoms with Crippen LogP contribution in [0.15, 0.2) is 46.3 Å². The molecular weight excluding hydrogens is 416 g/mol. The van der Waals surface area contributed by atoms with E-state index in [1.807, 2.05) is 18.2 Å². The molecule has 3 aliphatic rings. The molecule has 1 saturated heterocycles. The van der Waals surface area contributed by atoms with E-state index in [1.54, 1.807) is 18.9 Å². The molecule has 3 fully saturated rings. The first-order valence-electron chi connectivity index (χ1n) is 12.1. The quantitative estimate of drug-likeness (QED) is 0.484. The number of rotatable bonds is 4. The van der Waals surface area contributed by atoms with E-state index in [2.05, 4.69) is 29.2 Å². The number of fused-ring (bicyclic) bond motifs is 1. The van der Waals surface area contributed by atoms with Gasteiger partial charge in [-0.05, 0) is 60.5 Å². The number of hydrogen-bond donors (Lipinski definition) is 0. The van der Waals surface area contributed by atoms with Crippen molar-refractivity contribution in [2.24, 2.45) is 4.99 Å². The molecule has 0 N–H and O–H groups in total. The number of ether oxygens (including phenoxy) is 1. The van der Waals surface area contributed by atoms with Gasteiger partial charge in [0.25, 0.3) is 5.91 Å². The average molecular weight is 449 g/mol. The maximum absolute atomic E-state index is 13.7. The second-order valence-corrected chi connectivity index (χ2v) is 10.2. The fourth-order valence-corrected chi connectivity index (χ4v) is 6.44. The Labute approximate surface area is 195 Å². The molecule has 5 rings (SSSR count). The fraction of sp³-hybridized carbons (Fsp3) is 0.481. The molecule has 4 nitrogen and oxygen atoms in total. The van der Waals surface area contributed by atoms with Crippen molar-refractivity contribution in [2.45, 2.75) is 76.3 Å². The van der Waals surface area contributed by atoms with Crippen LogP contribution in [0.1, 0.15) is 69.8 Å². The summed E-state index contributed by atoms with van der Waals surface area (Å²) in [6, 6.07) is 13.0. The molecule has 5 heteroatoms. The van der Waals surface area contributed by atoms with Gasteiger partial charge in [0.1, 0.15) is 5.75 Å². The van der Waals surface area contributed by atoms with Crippen LogP contribution >= 0.6 is 11.8 Å². The minimum atomic E-state index is 0.136. The fourth-order valence-electron chi connectivity index (χ4n) is 5.34. The van der Waals surface area contributed by atoms with Crippen LogP contribution < -0.4 is 4.74 Å². The maximum Gasteiger partial charge on any atom is 0.267 e. The topological polar surface area (TPSA) is 41.9 Å². The van der Waals surface area contributed by atoms with Gasteiger partial charge in [-0.1, -0.05) is 68.9 Å². The smallest absolute Gasteiger partial charge is 0.267 e. The van der Waals surface area contributed by atoms with Gasteiger partial charge in [-0.25, -0.2) is 0 Å². The van der Waals surface area contributed by atoms with E-state index in [1.165, 1.54) is 38.5 Å². The zero-order valence-electron chi connectivity index (χ0n) is 18.9. The lowest BCUT2D eigenvalue weighted by atomic mass is 9.94. The molecule has 0 aromatic heterocycles. The first-order valence-corrected chi connectivity index (χ1v) is 12.9. The van der Waals surface area contributed by atoms with Gasteiger partial charge in [-0.15, -0.1) is 0 Å². The predicted molar refractivity (Wildman–Crippen MR) is 134 cm³/mol. The molecule has 1 heterocycles.